The van der Waals surface area contributed by atoms with Crippen LogP contribution in [0.5, 0.6) is 0 Å². The van der Waals surface area contributed by atoms with E-state index in [2.05, 4.69) is 10.0 Å². The Hall–Kier alpha value is -0.430. The summed E-state index contributed by atoms with van der Waals surface area (Å²) < 4.78 is 28.6. The molecule has 116 valence electrons. The molecule has 2 N–H and O–H groups in total. The molecule has 0 aromatic carbocycles. The number of thiophene rings is 1. The standard InChI is InChI=1S/C15H22N2O2S2/c18-21(19,17-15(11-1-2-11)12-3-4-12)14-7-10(9-20-14)8-16-13-5-6-13/h7,9,11-13,15-17H,1-6,8H2. The molecule has 0 radical (unpaired) electrons. The third kappa shape index (κ3) is 3.50. The first-order valence-electron chi connectivity index (χ1n) is 7.95. The second-order valence-electron chi connectivity index (χ2n) is 6.75. The van der Waals surface area contributed by atoms with Crippen LogP contribution >= 0.6 is 11.3 Å². The third-order valence-corrected chi connectivity index (χ3v) is 7.57. The average Bonchev–Trinajstić information content (AvgIpc) is 3.32. The van der Waals surface area contributed by atoms with Gasteiger partial charge in [-0.3, -0.25) is 0 Å². The smallest absolute Gasteiger partial charge is 0.250 e. The molecule has 0 amide bonds. The molecule has 0 spiro atoms. The highest BCUT2D eigenvalue weighted by Crippen LogP contribution is 2.45. The Morgan fingerprint density at radius 1 is 1.14 bits per heavy atom. The van der Waals surface area contributed by atoms with Crippen molar-refractivity contribution in [3.05, 3.63) is 17.0 Å². The fourth-order valence-corrected chi connectivity index (χ4v) is 5.46. The van der Waals surface area contributed by atoms with E-state index in [1.807, 2.05) is 11.4 Å². The molecular weight excluding hydrogens is 304 g/mol. The van der Waals surface area contributed by atoms with Crippen molar-refractivity contribution in [1.82, 2.24) is 10.0 Å². The summed E-state index contributed by atoms with van der Waals surface area (Å²) >= 11 is 1.34. The van der Waals surface area contributed by atoms with Crippen molar-refractivity contribution >= 4 is 21.4 Å². The Labute approximate surface area is 130 Å². The SMILES string of the molecule is O=S(=O)(NC(C1CC1)C1CC1)c1cc(CNC2CC2)cs1. The quantitative estimate of drug-likeness (QED) is 0.771. The summed E-state index contributed by atoms with van der Waals surface area (Å²) in [6.07, 6.45) is 7.24. The van der Waals surface area contributed by atoms with E-state index in [0.29, 0.717) is 22.1 Å². The van der Waals surface area contributed by atoms with Gasteiger partial charge in [0, 0.05) is 18.6 Å². The van der Waals surface area contributed by atoms with Crippen LogP contribution in [0.4, 0.5) is 0 Å². The maximum absolute atomic E-state index is 12.5. The molecule has 0 saturated heterocycles. The van der Waals surface area contributed by atoms with Gasteiger partial charge in [-0.05, 0) is 67.4 Å². The molecule has 0 bridgehead atoms. The molecule has 3 aliphatic rings. The predicted octanol–water partition coefficient (Wildman–Crippen LogP) is 2.47. The number of hydrogen-bond acceptors (Lipinski definition) is 4. The molecule has 0 atom stereocenters. The van der Waals surface area contributed by atoms with E-state index in [0.717, 1.165) is 12.1 Å². The molecule has 3 aliphatic carbocycles. The first-order valence-corrected chi connectivity index (χ1v) is 10.3. The van der Waals surface area contributed by atoms with Crippen LogP contribution in [-0.2, 0) is 16.6 Å². The molecular formula is C15H22N2O2S2. The van der Waals surface area contributed by atoms with E-state index >= 15 is 0 Å². The molecule has 4 rings (SSSR count). The zero-order valence-corrected chi connectivity index (χ0v) is 13.7. The Kier molecular flexibility index (Phi) is 3.60. The van der Waals surface area contributed by atoms with E-state index in [9.17, 15) is 8.42 Å². The molecule has 4 nitrogen and oxygen atoms in total. The van der Waals surface area contributed by atoms with Crippen molar-refractivity contribution in [2.24, 2.45) is 11.8 Å². The lowest BCUT2D eigenvalue weighted by atomic mass is 10.1. The summed E-state index contributed by atoms with van der Waals surface area (Å²) in [5.74, 6) is 1.17. The molecule has 1 aromatic heterocycles. The van der Waals surface area contributed by atoms with Crippen LogP contribution in [0.3, 0.4) is 0 Å². The minimum atomic E-state index is -3.33. The lowest BCUT2D eigenvalue weighted by Crippen LogP contribution is -2.37. The Morgan fingerprint density at radius 2 is 1.81 bits per heavy atom. The monoisotopic (exact) mass is 326 g/mol. The number of nitrogens with one attached hydrogen (secondary N) is 2. The highest BCUT2D eigenvalue weighted by atomic mass is 32.2. The van der Waals surface area contributed by atoms with Gasteiger partial charge in [0.25, 0.3) is 0 Å². The number of rotatable bonds is 8. The molecule has 0 unspecified atom stereocenters. The first-order chi connectivity index (χ1) is 10.1. The fourth-order valence-electron chi connectivity index (χ4n) is 2.86. The van der Waals surface area contributed by atoms with Crippen LogP contribution in [0.1, 0.15) is 44.1 Å². The van der Waals surface area contributed by atoms with Gasteiger partial charge in [0.15, 0.2) is 0 Å². The number of sulfonamides is 1. The highest BCUT2D eigenvalue weighted by molar-refractivity contribution is 7.91. The van der Waals surface area contributed by atoms with Gasteiger partial charge in [0.2, 0.25) is 10.0 Å². The van der Waals surface area contributed by atoms with Gasteiger partial charge in [-0.15, -0.1) is 11.3 Å². The first kappa shape index (κ1) is 14.2. The van der Waals surface area contributed by atoms with Gasteiger partial charge in [-0.25, -0.2) is 13.1 Å². The average molecular weight is 326 g/mol. The molecule has 3 saturated carbocycles. The van der Waals surface area contributed by atoms with Crippen molar-refractivity contribution in [3.63, 3.8) is 0 Å². The molecule has 3 fully saturated rings. The summed E-state index contributed by atoms with van der Waals surface area (Å²) in [5.41, 5.74) is 1.08. The van der Waals surface area contributed by atoms with E-state index in [1.54, 1.807) is 0 Å². The molecule has 6 heteroatoms. The summed E-state index contributed by atoms with van der Waals surface area (Å²) in [4.78, 5) is 0. The molecule has 1 aromatic rings. The van der Waals surface area contributed by atoms with Crippen molar-refractivity contribution < 1.29 is 8.42 Å². The number of hydrogen-bond donors (Lipinski definition) is 2. The van der Waals surface area contributed by atoms with Gasteiger partial charge in [-0.1, -0.05) is 0 Å². The minimum Gasteiger partial charge on any atom is -0.310 e. The van der Waals surface area contributed by atoms with Gasteiger partial charge < -0.3 is 5.32 Å². The summed E-state index contributed by atoms with van der Waals surface area (Å²) in [6, 6.07) is 2.67. The van der Waals surface area contributed by atoms with Gasteiger partial charge in [0.1, 0.15) is 4.21 Å². The van der Waals surface area contributed by atoms with Crippen molar-refractivity contribution in [2.75, 3.05) is 0 Å². The van der Waals surface area contributed by atoms with E-state index in [1.165, 1.54) is 49.9 Å². The lowest BCUT2D eigenvalue weighted by Gasteiger charge is -2.16. The Morgan fingerprint density at radius 3 is 2.38 bits per heavy atom. The fraction of sp³-hybridized carbons (Fsp3) is 0.733. The van der Waals surface area contributed by atoms with E-state index in [-0.39, 0.29) is 6.04 Å². The van der Waals surface area contributed by atoms with Gasteiger partial charge >= 0.3 is 0 Å². The van der Waals surface area contributed by atoms with E-state index < -0.39 is 10.0 Å². The zero-order valence-electron chi connectivity index (χ0n) is 12.0. The van der Waals surface area contributed by atoms with Crippen LogP contribution < -0.4 is 10.0 Å². The van der Waals surface area contributed by atoms with Crippen molar-refractivity contribution in [2.45, 2.75) is 61.4 Å². The summed E-state index contributed by atoms with van der Waals surface area (Å²) in [7, 11) is -3.33. The highest BCUT2D eigenvalue weighted by Gasteiger charge is 2.43. The maximum Gasteiger partial charge on any atom is 0.250 e. The van der Waals surface area contributed by atoms with Gasteiger partial charge in [0.05, 0.1) is 0 Å². The molecule has 1 heterocycles. The summed E-state index contributed by atoms with van der Waals surface area (Å²) in [5, 5.41) is 5.39. The second kappa shape index (κ2) is 5.33. The largest absolute Gasteiger partial charge is 0.310 e. The second-order valence-corrected chi connectivity index (χ2v) is 9.60. The topological polar surface area (TPSA) is 58.2 Å². The van der Waals surface area contributed by atoms with Crippen molar-refractivity contribution in [3.8, 4) is 0 Å². The lowest BCUT2D eigenvalue weighted by molar-refractivity contribution is 0.472. The van der Waals surface area contributed by atoms with Crippen LogP contribution in [0.2, 0.25) is 0 Å². The van der Waals surface area contributed by atoms with Crippen molar-refractivity contribution in [1.29, 1.82) is 0 Å². The normalized spacial score (nSPS) is 22.9. The Bertz CT molecular complexity index is 601. The predicted molar refractivity (Wildman–Crippen MR) is 83.7 cm³/mol. The minimum absolute atomic E-state index is 0.185. The third-order valence-electron chi connectivity index (χ3n) is 4.62. The Balaban J connectivity index is 1.42. The van der Waals surface area contributed by atoms with Crippen LogP contribution in [0, 0.1) is 11.8 Å². The van der Waals surface area contributed by atoms with Crippen LogP contribution in [0.25, 0.3) is 0 Å². The molecule has 0 aliphatic heterocycles. The summed E-state index contributed by atoms with van der Waals surface area (Å²) in [6.45, 7) is 0.783. The van der Waals surface area contributed by atoms with Crippen LogP contribution in [0.15, 0.2) is 15.7 Å². The van der Waals surface area contributed by atoms with Gasteiger partial charge in [-0.2, -0.15) is 0 Å². The molecule has 21 heavy (non-hydrogen) atoms. The maximum atomic E-state index is 12.5. The van der Waals surface area contributed by atoms with Crippen LogP contribution in [-0.4, -0.2) is 20.5 Å². The van der Waals surface area contributed by atoms with E-state index in [4.69, 9.17) is 0 Å². The zero-order chi connectivity index (χ0) is 14.4.